The van der Waals surface area contributed by atoms with Crippen molar-refractivity contribution in [3.05, 3.63) is 101 Å². The standard InChI is InChI=1S/C30H27NO3/c32-18-20-8-1-2-11-24(20)21-16-22-9-7-10-23(17-21)31(22)30(33)34-19-29-27-14-5-3-12-25(27)26-13-4-6-15-28(26)29/h1-6,8,11-16,18,22-23,29H,7,9-10,17,19H2. The Balaban J connectivity index is 1.23. The molecule has 1 amide bonds. The third-order valence-corrected chi connectivity index (χ3v) is 7.62. The Bertz CT molecular complexity index is 1250. The van der Waals surface area contributed by atoms with Crippen LogP contribution in [0.5, 0.6) is 0 Å². The molecule has 4 heteroatoms. The molecule has 4 nitrogen and oxygen atoms in total. The van der Waals surface area contributed by atoms with E-state index >= 15 is 0 Å². The Morgan fingerprint density at radius 2 is 1.53 bits per heavy atom. The van der Waals surface area contributed by atoms with Gasteiger partial charge in [0.15, 0.2) is 6.29 Å². The molecule has 2 heterocycles. The van der Waals surface area contributed by atoms with Crippen LogP contribution in [0.25, 0.3) is 16.7 Å². The Kier molecular flexibility index (Phi) is 5.29. The first-order chi connectivity index (χ1) is 16.7. The van der Waals surface area contributed by atoms with Crippen LogP contribution in [0.3, 0.4) is 0 Å². The lowest BCUT2D eigenvalue weighted by molar-refractivity contribution is 0.0538. The fourth-order valence-corrected chi connectivity index (χ4v) is 6.07. The van der Waals surface area contributed by atoms with Crippen LogP contribution >= 0.6 is 0 Å². The van der Waals surface area contributed by atoms with Gasteiger partial charge in [-0.25, -0.2) is 4.79 Å². The molecule has 3 aliphatic rings. The van der Waals surface area contributed by atoms with E-state index in [2.05, 4.69) is 54.6 Å². The van der Waals surface area contributed by atoms with E-state index < -0.39 is 0 Å². The summed E-state index contributed by atoms with van der Waals surface area (Å²) in [6, 6.07) is 24.7. The van der Waals surface area contributed by atoms with E-state index in [9.17, 15) is 9.59 Å². The van der Waals surface area contributed by atoms with Crippen LogP contribution in [0.4, 0.5) is 4.79 Å². The second-order valence-electron chi connectivity index (χ2n) is 9.46. The SMILES string of the molecule is O=Cc1ccccc1C1=CC2CCCC(C1)N2C(=O)OCC1c2ccccc2-c2ccccc21. The van der Waals surface area contributed by atoms with Gasteiger partial charge in [-0.05, 0) is 59.1 Å². The lowest BCUT2D eigenvalue weighted by Crippen LogP contribution is -2.52. The fourth-order valence-electron chi connectivity index (χ4n) is 6.07. The zero-order valence-corrected chi connectivity index (χ0v) is 19.0. The maximum atomic E-state index is 13.4. The molecular weight excluding hydrogens is 422 g/mol. The van der Waals surface area contributed by atoms with Gasteiger partial charge in [0, 0.05) is 17.5 Å². The highest BCUT2D eigenvalue weighted by molar-refractivity contribution is 5.86. The third kappa shape index (κ3) is 3.45. The molecule has 34 heavy (non-hydrogen) atoms. The van der Waals surface area contributed by atoms with Crippen LogP contribution in [-0.4, -0.2) is 36.0 Å². The van der Waals surface area contributed by atoms with Crippen LogP contribution in [-0.2, 0) is 4.74 Å². The minimum atomic E-state index is -0.226. The van der Waals surface area contributed by atoms with Gasteiger partial charge in [-0.15, -0.1) is 0 Å². The number of piperidine rings is 1. The van der Waals surface area contributed by atoms with Crippen molar-refractivity contribution in [2.24, 2.45) is 0 Å². The molecule has 1 aliphatic carbocycles. The van der Waals surface area contributed by atoms with Gasteiger partial charge in [0.05, 0.1) is 6.04 Å². The monoisotopic (exact) mass is 449 g/mol. The summed E-state index contributed by atoms with van der Waals surface area (Å²) in [6.45, 7) is 0.341. The molecule has 0 saturated carbocycles. The Hall–Kier alpha value is -3.66. The number of benzene rings is 3. The van der Waals surface area contributed by atoms with Crippen molar-refractivity contribution in [2.45, 2.75) is 43.7 Å². The minimum absolute atomic E-state index is 0.0119. The Labute approximate surface area is 199 Å². The lowest BCUT2D eigenvalue weighted by Gasteiger charge is -2.44. The summed E-state index contributed by atoms with van der Waals surface area (Å²) in [6.07, 6.45) is 6.61. The van der Waals surface area contributed by atoms with Crippen molar-refractivity contribution in [1.29, 1.82) is 0 Å². The maximum absolute atomic E-state index is 13.4. The summed E-state index contributed by atoms with van der Waals surface area (Å²) >= 11 is 0. The topological polar surface area (TPSA) is 46.6 Å². The number of hydrogen-bond acceptors (Lipinski definition) is 3. The number of amides is 1. The van der Waals surface area contributed by atoms with E-state index in [0.717, 1.165) is 37.5 Å². The number of fused-ring (bicyclic) bond motifs is 5. The predicted molar refractivity (Wildman–Crippen MR) is 133 cm³/mol. The van der Waals surface area contributed by atoms with Gasteiger partial charge < -0.3 is 4.74 Å². The van der Waals surface area contributed by atoms with Crippen molar-refractivity contribution >= 4 is 18.0 Å². The normalized spacial score (nSPS) is 20.8. The van der Waals surface area contributed by atoms with Gasteiger partial charge in [-0.3, -0.25) is 9.69 Å². The number of ether oxygens (including phenoxy) is 1. The van der Waals surface area contributed by atoms with Crippen LogP contribution in [0, 0.1) is 0 Å². The highest BCUT2D eigenvalue weighted by atomic mass is 16.6. The van der Waals surface area contributed by atoms with E-state index in [1.165, 1.54) is 27.8 Å². The van der Waals surface area contributed by atoms with Crippen molar-refractivity contribution in [3.63, 3.8) is 0 Å². The highest BCUT2D eigenvalue weighted by Crippen LogP contribution is 2.45. The number of nitrogens with zero attached hydrogens (tertiary/aromatic N) is 1. The van der Waals surface area contributed by atoms with E-state index in [1.807, 2.05) is 29.2 Å². The van der Waals surface area contributed by atoms with Gasteiger partial charge in [0.25, 0.3) is 0 Å². The molecule has 2 bridgehead atoms. The smallest absolute Gasteiger partial charge is 0.410 e. The zero-order valence-electron chi connectivity index (χ0n) is 19.0. The molecule has 2 atom stereocenters. The van der Waals surface area contributed by atoms with Gasteiger partial charge in [0.2, 0.25) is 0 Å². The van der Waals surface area contributed by atoms with E-state index in [4.69, 9.17) is 4.74 Å². The number of carbonyl (C=O) groups excluding carboxylic acids is 2. The molecule has 0 radical (unpaired) electrons. The maximum Gasteiger partial charge on any atom is 0.410 e. The molecule has 0 N–H and O–H groups in total. The van der Waals surface area contributed by atoms with Gasteiger partial charge in [-0.2, -0.15) is 0 Å². The second-order valence-corrected chi connectivity index (χ2v) is 9.46. The first kappa shape index (κ1) is 20.9. The molecule has 170 valence electrons. The molecule has 1 saturated heterocycles. The summed E-state index contributed by atoms with van der Waals surface area (Å²) in [5.41, 5.74) is 7.78. The van der Waals surface area contributed by atoms with Gasteiger partial charge in [-0.1, -0.05) is 78.9 Å². The third-order valence-electron chi connectivity index (χ3n) is 7.62. The van der Waals surface area contributed by atoms with E-state index in [0.29, 0.717) is 12.2 Å². The molecule has 0 aromatic heterocycles. The van der Waals surface area contributed by atoms with E-state index in [-0.39, 0.29) is 24.1 Å². The van der Waals surface area contributed by atoms with Crippen molar-refractivity contribution in [1.82, 2.24) is 4.90 Å². The van der Waals surface area contributed by atoms with Gasteiger partial charge in [0.1, 0.15) is 6.61 Å². The predicted octanol–water partition coefficient (Wildman–Crippen LogP) is 6.46. The molecule has 2 aliphatic heterocycles. The summed E-state index contributed by atoms with van der Waals surface area (Å²) in [5, 5.41) is 0. The highest BCUT2D eigenvalue weighted by Gasteiger charge is 2.39. The molecular formula is C30H27NO3. The molecule has 6 rings (SSSR count). The fraction of sp³-hybridized carbons (Fsp3) is 0.267. The van der Waals surface area contributed by atoms with Crippen LogP contribution in [0.1, 0.15) is 58.6 Å². The molecule has 1 fully saturated rings. The summed E-state index contributed by atoms with van der Waals surface area (Å²) in [7, 11) is 0. The lowest BCUT2D eigenvalue weighted by atomic mass is 9.82. The number of hydrogen-bond donors (Lipinski definition) is 0. The molecule has 0 spiro atoms. The van der Waals surface area contributed by atoms with Crippen LogP contribution in [0.15, 0.2) is 78.9 Å². The average molecular weight is 450 g/mol. The minimum Gasteiger partial charge on any atom is -0.448 e. The summed E-state index contributed by atoms with van der Waals surface area (Å²) < 4.78 is 6.00. The summed E-state index contributed by atoms with van der Waals surface area (Å²) in [5.74, 6) is 0.0616. The Morgan fingerprint density at radius 3 is 2.21 bits per heavy atom. The average Bonchev–Trinajstić information content (AvgIpc) is 3.20. The summed E-state index contributed by atoms with van der Waals surface area (Å²) in [4.78, 5) is 26.9. The zero-order chi connectivity index (χ0) is 23.1. The largest absolute Gasteiger partial charge is 0.448 e. The van der Waals surface area contributed by atoms with Crippen LogP contribution < -0.4 is 0 Å². The Morgan fingerprint density at radius 1 is 0.882 bits per heavy atom. The second kappa shape index (κ2) is 8.60. The van der Waals surface area contributed by atoms with Crippen molar-refractivity contribution in [3.8, 4) is 11.1 Å². The molecule has 2 unspecified atom stereocenters. The van der Waals surface area contributed by atoms with E-state index in [1.54, 1.807) is 0 Å². The van der Waals surface area contributed by atoms with Crippen molar-refractivity contribution in [2.75, 3.05) is 6.61 Å². The molecule has 3 aromatic carbocycles. The van der Waals surface area contributed by atoms with Crippen LogP contribution in [0.2, 0.25) is 0 Å². The molecule has 3 aromatic rings. The first-order valence-electron chi connectivity index (χ1n) is 12.1. The number of aldehydes is 1. The van der Waals surface area contributed by atoms with Gasteiger partial charge >= 0.3 is 6.09 Å². The first-order valence-corrected chi connectivity index (χ1v) is 12.1. The number of rotatable bonds is 4. The number of carbonyl (C=O) groups is 2. The quantitative estimate of drug-likeness (QED) is 0.430. The van der Waals surface area contributed by atoms with Crippen molar-refractivity contribution < 1.29 is 14.3 Å².